The number of nitrogens with one attached hydrogen (secondary N) is 1. The summed E-state index contributed by atoms with van der Waals surface area (Å²) >= 11 is 9.27. The molecule has 0 amide bonds. The molecule has 1 aromatic heterocycles. The molecule has 2 aromatic rings. The van der Waals surface area contributed by atoms with Crippen LogP contribution in [0, 0.1) is 6.92 Å². The molecule has 122 valence electrons. The van der Waals surface area contributed by atoms with Gasteiger partial charge in [-0.25, -0.2) is 4.98 Å². The molecular formula is C15H16ClN3O2S2. The maximum absolute atomic E-state index is 11.2. The van der Waals surface area contributed by atoms with E-state index in [4.69, 9.17) is 11.6 Å². The van der Waals surface area contributed by atoms with Gasteiger partial charge < -0.3 is 4.74 Å². The number of thiazole rings is 1. The van der Waals surface area contributed by atoms with E-state index in [9.17, 15) is 4.79 Å². The number of carbonyl (C=O) groups excluding carboxylic acids is 1. The van der Waals surface area contributed by atoms with Crippen molar-refractivity contribution in [3.8, 4) is 0 Å². The zero-order chi connectivity index (χ0) is 16.7. The summed E-state index contributed by atoms with van der Waals surface area (Å²) in [7, 11) is 1.39. The van der Waals surface area contributed by atoms with Crippen LogP contribution in [0.5, 0.6) is 0 Å². The number of hydrogen-bond donors (Lipinski definition) is 1. The van der Waals surface area contributed by atoms with Crippen molar-refractivity contribution in [1.82, 2.24) is 4.98 Å². The third-order valence-electron chi connectivity index (χ3n) is 2.78. The number of aromatic nitrogens is 1. The van der Waals surface area contributed by atoms with Gasteiger partial charge in [0.15, 0.2) is 0 Å². The molecular weight excluding hydrogens is 354 g/mol. The minimum atomic E-state index is -0.226. The lowest BCUT2D eigenvalue weighted by molar-refractivity contribution is -0.140. The van der Waals surface area contributed by atoms with Gasteiger partial charge in [-0.1, -0.05) is 17.7 Å². The molecule has 0 saturated carbocycles. The summed E-state index contributed by atoms with van der Waals surface area (Å²) in [5.41, 5.74) is 4.65. The normalized spacial score (nSPS) is 10.9. The topological polar surface area (TPSA) is 63.6 Å². The predicted molar refractivity (Wildman–Crippen MR) is 96.9 cm³/mol. The number of rotatable bonds is 7. The molecule has 0 saturated heterocycles. The minimum Gasteiger partial charge on any atom is -0.469 e. The van der Waals surface area contributed by atoms with Gasteiger partial charge in [0.25, 0.3) is 0 Å². The Morgan fingerprint density at radius 2 is 2.39 bits per heavy atom. The summed E-state index contributed by atoms with van der Waals surface area (Å²) in [6.07, 6.45) is 2.01. The fourth-order valence-corrected chi connectivity index (χ4v) is 3.57. The predicted octanol–water partition coefficient (Wildman–Crippen LogP) is 4.21. The fraction of sp³-hybridized carbons (Fsp3) is 0.267. The lowest BCUT2D eigenvalue weighted by Crippen LogP contribution is -2.01. The number of thioether (sulfide) groups is 1. The second-order valence-corrected chi connectivity index (χ2v) is 6.89. The number of nitrogens with zero attached hydrogens (tertiary/aromatic N) is 2. The Balaban J connectivity index is 2.03. The Kier molecular flexibility index (Phi) is 6.88. The number of esters is 1. The third-order valence-corrected chi connectivity index (χ3v) is 5.05. The highest BCUT2D eigenvalue weighted by atomic mass is 35.5. The number of halogens is 1. The van der Waals surface area contributed by atoms with Crippen molar-refractivity contribution < 1.29 is 9.53 Å². The number of hydrazone groups is 1. The average molecular weight is 370 g/mol. The van der Waals surface area contributed by atoms with Gasteiger partial charge in [0, 0.05) is 21.6 Å². The van der Waals surface area contributed by atoms with Crippen LogP contribution in [0.3, 0.4) is 0 Å². The molecule has 0 aliphatic carbocycles. The monoisotopic (exact) mass is 369 g/mol. The second kappa shape index (κ2) is 8.90. The zero-order valence-electron chi connectivity index (χ0n) is 12.7. The van der Waals surface area contributed by atoms with Gasteiger partial charge in [-0.05, 0) is 19.1 Å². The molecule has 0 unspecified atom stereocenters. The standard InChI is InChI=1S/C15H16ClN3O2S2/c1-10-9-23-15(18-10)19-17-8-11-12(16)4-3-5-13(11)22-7-6-14(20)21-2/h3-5,8-9H,6-7H2,1-2H3,(H,18,19). The van der Waals surface area contributed by atoms with Crippen LogP contribution < -0.4 is 5.43 Å². The number of carbonyl (C=O) groups is 1. The third kappa shape index (κ3) is 5.53. The Hall–Kier alpha value is -1.57. The van der Waals surface area contributed by atoms with Crippen molar-refractivity contribution in [3.05, 3.63) is 39.9 Å². The number of ether oxygens (including phenoxy) is 1. The molecule has 0 radical (unpaired) electrons. The highest BCUT2D eigenvalue weighted by Gasteiger charge is 2.07. The number of anilines is 1. The van der Waals surface area contributed by atoms with Gasteiger partial charge >= 0.3 is 5.97 Å². The summed E-state index contributed by atoms with van der Waals surface area (Å²) in [6.45, 7) is 1.93. The van der Waals surface area contributed by atoms with Gasteiger partial charge in [-0.2, -0.15) is 5.10 Å². The van der Waals surface area contributed by atoms with Crippen molar-refractivity contribution in [2.24, 2.45) is 5.10 Å². The van der Waals surface area contributed by atoms with Gasteiger partial charge in [0.2, 0.25) is 5.13 Å². The molecule has 2 rings (SSSR count). The van der Waals surface area contributed by atoms with E-state index in [1.165, 1.54) is 30.2 Å². The van der Waals surface area contributed by atoms with Crippen molar-refractivity contribution in [1.29, 1.82) is 0 Å². The maximum Gasteiger partial charge on any atom is 0.306 e. The Morgan fingerprint density at radius 3 is 3.09 bits per heavy atom. The van der Waals surface area contributed by atoms with Crippen LogP contribution in [-0.2, 0) is 9.53 Å². The molecule has 23 heavy (non-hydrogen) atoms. The van der Waals surface area contributed by atoms with E-state index in [0.717, 1.165) is 21.3 Å². The Labute approximate surface area is 148 Å². The molecule has 0 atom stereocenters. The fourth-order valence-electron chi connectivity index (χ4n) is 1.67. The van der Waals surface area contributed by atoms with Gasteiger partial charge in [0.05, 0.1) is 30.5 Å². The Morgan fingerprint density at radius 1 is 1.57 bits per heavy atom. The molecule has 0 bridgehead atoms. The van der Waals surface area contributed by atoms with E-state index in [1.54, 1.807) is 12.3 Å². The molecule has 5 nitrogen and oxygen atoms in total. The van der Waals surface area contributed by atoms with Gasteiger partial charge in [-0.15, -0.1) is 23.1 Å². The number of hydrogen-bond acceptors (Lipinski definition) is 7. The quantitative estimate of drug-likeness (QED) is 0.343. The van der Waals surface area contributed by atoms with Crippen LogP contribution in [-0.4, -0.2) is 30.0 Å². The van der Waals surface area contributed by atoms with E-state index in [2.05, 4.69) is 20.2 Å². The van der Waals surface area contributed by atoms with Crippen LogP contribution in [0.2, 0.25) is 5.02 Å². The number of aryl methyl sites for hydroxylation is 1. The molecule has 1 N–H and O–H groups in total. The Bertz CT molecular complexity index is 704. The minimum absolute atomic E-state index is 0.226. The lowest BCUT2D eigenvalue weighted by Gasteiger charge is -2.07. The summed E-state index contributed by atoms with van der Waals surface area (Å²) in [4.78, 5) is 16.4. The van der Waals surface area contributed by atoms with Gasteiger partial charge in [-0.3, -0.25) is 10.2 Å². The van der Waals surface area contributed by atoms with Crippen molar-refractivity contribution in [2.75, 3.05) is 18.3 Å². The van der Waals surface area contributed by atoms with E-state index >= 15 is 0 Å². The van der Waals surface area contributed by atoms with Crippen LogP contribution in [0.1, 0.15) is 17.7 Å². The summed E-state index contributed by atoms with van der Waals surface area (Å²) < 4.78 is 4.64. The molecule has 0 aliphatic heterocycles. The van der Waals surface area contributed by atoms with E-state index in [1.807, 2.05) is 24.4 Å². The smallest absolute Gasteiger partial charge is 0.306 e. The lowest BCUT2D eigenvalue weighted by atomic mass is 10.2. The zero-order valence-corrected chi connectivity index (χ0v) is 15.1. The highest BCUT2D eigenvalue weighted by Crippen LogP contribution is 2.28. The molecule has 1 heterocycles. The second-order valence-electron chi connectivity index (χ2n) is 4.49. The largest absolute Gasteiger partial charge is 0.469 e. The summed E-state index contributed by atoms with van der Waals surface area (Å²) in [6, 6.07) is 5.63. The van der Waals surface area contributed by atoms with Crippen molar-refractivity contribution >= 4 is 52.0 Å². The van der Waals surface area contributed by atoms with Crippen molar-refractivity contribution in [3.63, 3.8) is 0 Å². The summed E-state index contributed by atoms with van der Waals surface area (Å²) in [5, 5.41) is 7.47. The number of benzene rings is 1. The first-order valence-corrected chi connectivity index (χ1v) is 9.04. The first-order chi connectivity index (χ1) is 11.1. The maximum atomic E-state index is 11.2. The van der Waals surface area contributed by atoms with Crippen LogP contribution in [0.15, 0.2) is 33.6 Å². The first-order valence-electron chi connectivity index (χ1n) is 6.79. The number of methoxy groups -OCH3 is 1. The molecule has 0 aliphatic rings. The van der Waals surface area contributed by atoms with E-state index < -0.39 is 0 Å². The molecule has 0 spiro atoms. The first kappa shape index (κ1) is 17.8. The highest BCUT2D eigenvalue weighted by molar-refractivity contribution is 7.99. The average Bonchev–Trinajstić information content (AvgIpc) is 2.95. The SMILES string of the molecule is COC(=O)CCSc1cccc(Cl)c1C=NNc1nc(C)cs1. The van der Waals surface area contributed by atoms with Crippen LogP contribution >= 0.6 is 34.7 Å². The van der Waals surface area contributed by atoms with Gasteiger partial charge in [0.1, 0.15) is 0 Å². The van der Waals surface area contributed by atoms with Crippen molar-refractivity contribution in [2.45, 2.75) is 18.2 Å². The van der Waals surface area contributed by atoms with E-state index in [-0.39, 0.29) is 5.97 Å². The van der Waals surface area contributed by atoms with Crippen LogP contribution in [0.25, 0.3) is 0 Å². The summed E-state index contributed by atoms with van der Waals surface area (Å²) in [5.74, 6) is 0.392. The van der Waals surface area contributed by atoms with Crippen LogP contribution in [0.4, 0.5) is 5.13 Å². The van der Waals surface area contributed by atoms with E-state index in [0.29, 0.717) is 17.2 Å². The molecule has 0 fully saturated rings. The molecule has 1 aromatic carbocycles. The molecule has 8 heteroatoms.